The molecule has 3 unspecified atom stereocenters. The quantitative estimate of drug-likeness (QED) is 0.517. The highest BCUT2D eigenvalue weighted by molar-refractivity contribution is 6.32. The van der Waals surface area contributed by atoms with Crippen molar-refractivity contribution < 1.29 is 33.0 Å². The second-order valence-corrected chi connectivity index (χ2v) is 8.02. The summed E-state index contributed by atoms with van der Waals surface area (Å²) in [5.41, 5.74) is -2.89. The van der Waals surface area contributed by atoms with Gasteiger partial charge in [0.2, 0.25) is 11.6 Å². The third kappa shape index (κ3) is 4.03. The monoisotopic (exact) mass is 491 g/mol. The number of benzene rings is 1. The fourth-order valence-corrected chi connectivity index (χ4v) is 3.92. The predicted octanol–water partition coefficient (Wildman–Crippen LogP) is 4.41. The van der Waals surface area contributed by atoms with Gasteiger partial charge in [0, 0.05) is 22.7 Å². The minimum absolute atomic E-state index is 0.00489. The van der Waals surface area contributed by atoms with Gasteiger partial charge in [0.1, 0.15) is 5.15 Å². The van der Waals surface area contributed by atoms with Crippen molar-refractivity contribution in [2.75, 3.05) is 0 Å². The molecule has 3 rings (SSSR count). The van der Waals surface area contributed by atoms with Crippen molar-refractivity contribution in [1.29, 1.82) is 0 Å². The molecule has 2 aromatic rings. The molecule has 0 fully saturated rings. The molecule has 12 heteroatoms. The number of carboxylic acid groups (broad SMARTS) is 1. The lowest BCUT2D eigenvalue weighted by molar-refractivity contribution is -0.274. The van der Waals surface area contributed by atoms with Gasteiger partial charge in [-0.2, -0.15) is 13.2 Å². The number of aromatic nitrogens is 1. The van der Waals surface area contributed by atoms with E-state index in [4.69, 9.17) is 28.0 Å². The van der Waals surface area contributed by atoms with Crippen LogP contribution in [0.25, 0.3) is 0 Å². The molecule has 1 aromatic heterocycles. The molecule has 3 N–H and O–H groups in total. The van der Waals surface area contributed by atoms with Crippen LogP contribution in [0.15, 0.2) is 41.5 Å². The number of halogens is 5. The average molecular weight is 492 g/mol. The first-order valence-corrected chi connectivity index (χ1v) is 10.1. The summed E-state index contributed by atoms with van der Waals surface area (Å²) >= 11 is 12.0. The Hall–Kier alpha value is -2.40. The summed E-state index contributed by atoms with van der Waals surface area (Å²) in [4.78, 5) is 24.4. The van der Waals surface area contributed by atoms with Crippen LogP contribution in [-0.2, 0) is 15.2 Å². The number of rotatable bonds is 6. The summed E-state index contributed by atoms with van der Waals surface area (Å²) < 4.78 is 42.2. The van der Waals surface area contributed by atoms with E-state index in [0.29, 0.717) is 0 Å². The summed E-state index contributed by atoms with van der Waals surface area (Å²) in [6.07, 6.45) is -3.91. The number of carboxylic acids is 1. The number of pyridine rings is 1. The zero-order chi connectivity index (χ0) is 23.9. The lowest BCUT2D eigenvalue weighted by Gasteiger charge is -2.37. The van der Waals surface area contributed by atoms with Gasteiger partial charge < -0.3 is 15.1 Å². The van der Waals surface area contributed by atoms with E-state index in [1.54, 1.807) is 6.92 Å². The van der Waals surface area contributed by atoms with Gasteiger partial charge in [-0.25, -0.2) is 14.8 Å². The highest BCUT2D eigenvalue weighted by atomic mass is 35.5. The number of nitrogens with one attached hydrogen (secondary N) is 1. The number of hydroxylamine groups is 1. The smallest absolute Gasteiger partial charge is 0.422 e. The van der Waals surface area contributed by atoms with Gasteiger partial charge in [-0.05, 0) is 41.8 Å². The Morgan fingerprint density at radius 1 is 1.28 bits per heavy atom. The van der Waals surface area contributed by atoms with E-state index in [2.05, 4.69) is 15.5 Å². The van der Waals surface area contributed by atoms with E-state index >= 15 is 0 Å². The van der Waals surface area contributed by atoms with Crippen LogP contribution in [0.5, 0.6) is 0 Å². The molecule has 2 heterocycles. The van der Waals surface area contributed by atoms with Crippen molar-refractivity contribution >= 4 is 35.1 Å². The molecule has 32 heavy (non-hydrogen) atoms. The van der Waals surface area contributed by atoms with Gasteiger partial charge in [-0.3, -0.25) is 0 Å². The van der Waals surface area contributed by atoms with Gasteiger partial charge >= 0.3 is 12.1 Å². The second kappa shape index (κ2) is 8.51. The SMILES string of the molecule is CCC1(C(=O)O)N=C(c2ccc(C(C)C(O)(c3ccnc(Cl)c3)C(F)(F)F)c(Cl)c2)ON1. The van der Waals surface area contributed by atoms with Crippen molar-refractivity contribution in [2.45, 2.75) is 43.6 Å². The van der Waals surface area contributed by atoms with Crippen LogP contribution < -0.4 is 5.48 Å². The zero-order valence-electron chi connectivity index (χ0n) is 16.7. The number of aliphatic carboxylic acids is 1. The summed E-state index contributed by atoms with van der Waals surface area (Å²) in [6.45, 7) is 2.78. The number of aliphatic hydroxyl groups is 1. The van der Waals surface area contributed by atoms with E-state index in [-0.39, 0.29) is 33.6 Å². The molecule has 1 aliphatic heterocycles. The van der Waals surface area contributed by atoms with E-state index in [0.717, 1.165) is 18.3 Å². The van der Waals surface area contributed by atoms with Gasteiger partial charge in [0.15, 0.2) is 5.60 Å². The number of nitrogens with zero attached hydrogens (tertiary/aromatic N) is 2. The lowest BCUT2D eigenvalue weighted by Crippen LogP contribution is -2.46. The molecular weight excluding hydrogens is 474 g/mol. The number of hydrogen-bond acceptors (Lipinski definition) is 6. The molecule has 0 aliphatic carbocycles. The Kier molecular flexibility index (Phi) is 6.45. The summed E-state index contributed by atoms with van der Waals surface area (Å²) in [5.74, 6) is -2.87. The maximum absolute atomic E-state index is 14.1. The Morgan fingerprint density at radius 2 is 1.97 bits per heavy atom. The summed E-state index contributed by atoms with van der Waals surface area (Å²) in [7, 11) is 0. The summed E-state index contributed by atoms with van der Waals surface area (Å²) in [5, 5.41) is 19.9. The van der Waals surface area contributed by atoms with Crippen molar-refractivity contribution in [3.63, 3.8) is 0 Å². The van der Waals surface area contributed by atoms with Crippen molar-refractivity contribution in [2.24, 2.45) is 4.99 Å². The number of hydrogen-bond donors (Lipinski definition) is 3. The molecule has 0 saturated carbocycles. The van der Waals surface area contributed by atoms with Crippen molar-refractivity contribution in [3.05, 3.63) is 63.4 Å². The first kappa shape index (κ1) is 24.2. The normalized spacial score (nSPS) is 21.4. The molecular formula is C20H18Cl2F3N3O4. The average Bonchev–Trinajstić information content (AvgIpc) is 3.18. The van der Waals surface area contributed by atoms with Gasteiger partial charge in [-0.1, -0.05) is 43.1 Å². The molecule has 3 atom stereocenters. The molecule has 1 aromatic carbocycles. The van der Waals surface area contributed by atoms with E-state index in [1.165, 1.54) is 25.1 Å². The highest BCUT2D eigenvalue weighted by Crippen LogP contribution is 2.50. The third-order valence-electron chi connectivity index (χ3n) is 5.41. The summed E-state index contributed by atoms with van der Waals surface area (Å²) in [6, 6.07) is 5.93. The fraction of sp³-hybridized carbons (Fsp3) is 0.350. The molecule has 0 amide bonds. The van der Waals surface area contributed by atoms with Crippen LogP contribution >= 0.6 is 23.2 Å². The Bertz CT molecular complexity index is 1080. The zero-order valence-corrected chi connectivity index (χ0v) is 18.3. The van der Waals surface area contributed by atoms with Crippen LogP contribution in [0.4, 0.5) is 13.2 Å². The van der Waals surface area contributed by atoms with Gasteiger partial charge in [0.25, 0.3) is 0 Å². The standard InChI is InChI=1S/C20H18Cl2F3N3O4/c1-3-18(17(29)30)27-16(32-28-18)11-4-5-13(14(21)8-11)10(2)19(31,20(23,24)25)12-6-7-26-15(22)9-12/h4-10,28,31H,3H2,1-2H3,(H,29,30). The van der Waals surface area contributed by atoms with Crippen LogP contribution in [0.3, 0.4) is 0 Å². The minimum atomic E-state index is -5.07. The number of carbonyl (C=O) groups is 1. The predicted molar refractivity (Wildman–Crippen MR) is 110 cm³/mol. The molecule has 0 spiro atoms. The van der Waals surface area contributed by atoms with Crippen LogP contribution in [0, 0.1) is 0 Å². The first-order chi connectivity index (χ1) is 14.9. The molecule has 0 radical (unpaired) electrons. The van der Waals surface area contributed by atoms with Crippen molar-refractivity contribution in [3.8, 4) is 0 Å². The Morgan fingerprint density at radius 3 is 2.47 bits per heavy atom. The van der Waals surface area contributed by atoms with Crippen LogP contribution in [0.1, 0.15) is 42.9 Å². The van der Waals surface area contributed by atoms with E-state index in [1.807, 2.05) is 0 Å². The minimum Gasteiger partial charge on any atom is -0.478 e. The highest BCUT2D eigenvalue weighted by Gasteiger charge is 2.59. The van der Waals surface area contributed by atoms with E-state index < -0.39 is 34.9 Å². The van der Waals surface area contributed by atoms with Gasteiger partial charge in [-0.15, -0.1) is 5.48 Å². The van der Waals surface area contributed by atoms with Crippen molar-refractivity contribution in [1.82, 2.24) is 10.5 Å². The third-order valence-corrected chi connectivity index (χ3v) is 5.95. The first-order valence-electron chi connectivity index (χ1n) is 9.34. The molecule has 7 nitrogen and oxygen atoms in total. The molecule has 172 valence electrons. The number of alkyl halides is 3. The Balaban J connectivity index is 2.03. The molecule has 0 saturated heterocycles. The van der Waals surface area contributed by atoms with E-state index in [9.17, 15) is 28.2 Å². The molecule has 1 aliphatic rings. The Labute approximate surface area is 190 Å². The maximum Gasteiger partial charge on any atom is 0.422 e. The van der Waals surface area contributed by atoms with Crippen LogP contribution in [-0.4, -0.2) is 38.9 Å². The maximum atomic E-state index is 14.1. The van der Waals surface area contributed by atoms with Crippen LogP contribution in [0.2, 0.25) is 10.2 Å². The second-order valence-electron chi connectivity index (χ2n) is 7.23. The van der Waals surface area contributed by atoms with Gasteiger partial charge in [0.05, 0.1) is 0 Å². The fourth-order valence-electron chi connectivity index (χ4n) is 3.40. The largest absolute Gasteiger partial charge is 0.478 e. The lowest BCUT2D eigenvalue weighted by atomic mass is 9.78. The topological polar surface area (TPSA) is 104 Å². The number of aliphatic imine (C=N–C) groups is 1. The molecule has 0 bridgehead atoms.